The molecule has 5 nitrogen and oxygen atoms in total. The van der Waals surface area contributed by atoms with Crippen LogP contribution in [-0.4, -0.2) is 39.9 Å². The molecule has 2 heterocycles. The van der Waals surface area contributed by atoms with Gasteiger partial charge in [0.25, 0.3) is 0 Å². The molecule has 24 heavy (non-hydrogen) atoms. The highest BCUT2D eigenvalue weighted by atomic mass is 79.9. The predicted octanol–water partition coefficient (Wildman–Crippen LogP) is 3.84. The molecular weight excluding hydrogens is 368 g/mol. The maximum absolute atomic E-state index is 12.2. The van der Waals surface area contributed by atoms with Crippen molar-refractivity contribution >= 4 is 38.6 Å². The summed E-state index contributed by atoms with van der Waals surface area (Å²) in [6.45, 7) is 5.81. The number of fused-ring (bicyclic) bond motifs is 1. The first-order valence-corrected chi connectivity index (χ1v) is 9.27. The van der Waals surface area contributed by atoms with E-state index in [1.807, 2.05) is 23.1 Å². The lowest BCUT2D eigenvalue weighted by molar-refractivity contribution is -0.132. The highest BCUT2D eigenvalue weighted by molar-refractivity contribution is 9.10. The molecule has 3 rings (SSSR count). The summed E-state index contributed by atoms with van der Waals surface area (Å²) < 4.78 is 1.02. The van der Waals surface area contributed by atoms with E-state index in [1.54, 1.807) is 6.33 Å². The summed E-state index contributed by atoms with van der Waals surface area (Å²) in [6.07, 6.45) is 4.13. The van der Waals surface area contributed by atoms with Crippen molar-refractivity contribution in [2.45, 2.75) is 39.2 Å². The van der Waals surface area contributed by atoms with Gasteiger partial charge in [-0.3, -0.25) is 4.79 Å². The van der Waals surface area contributed by atoms with Gasteiger partial charge in [-0.15, -0.1) is 0 Å². The molecule has 1 aromatic heterocycles. The number of nitrogens with one attached hydrogen (secondary N) is 1. The average Bonchev–Trinajstić information content (AvgIpc) is 2.55. The van der Waals surface area contributed by atoms with Gasteiger partial charge in [-0.1, -0.05) is 29.8 Å². The molecule has 1 aromatic carbocycles. The van der Waals surface area contributed by atoms with Crippen LogP contribution in [0.4, 0.5) is 5.82 Å². The Labute approximate surface area is 151 Å². The van der Waals surface area contributed by atoms with Crippen LogP contribution in [0.3, 0.4) is 0 Å². The molecule has 0 bridgehead atoms. The molecule has 0 aliphatic carbocycles. The third-order valence-corrected chi connectivity index (χ3v) is 4.86. The summed E-state index contributed by atoms with van der Waals surface area (Å²) in [6, 6.07) is 6.35. The van der Waals surface area contributed by atoms with Gasteiger partial charge < -0.3 is 10.2 Å². The van der Waals surface area contributed by atoms with E-state index in [9.17, 15) is 4.79 Å². The molecule has 128 valence electrons. The molecule has 2 aromatic rings. The van der Waals surface area contributed by atoms with E-state index in [0.717, 1.165) is 47.1 Å². The first-order valence-electron chi connectivity index (χ1n) is 8.47. The lowest BCUT2D eigenvalue weighted by Gasteiger charge is -2.33. The van der Waals surface area contributed by atoms with Crippen LogP contribution in [0.1, 0.15) is 33.1 Å². The van der Waals surface area contributed by atoms with Crippen LogP contribution in [0.25, 0.3) is 10.9 Å². The predicted molar refractivity (Wildman–Crippen MR) is 99.9 cm³/mol. The zero-order chi connectivity index (χ0) is 17.1. The van der Waals surface area contributed by atoms with Crippen molar-refractivity contribution in [3.05, 3.63) is 29.0 Å². The van der Waals surface area contributed by atoms with Gasteiger partial charge in [0.15, 0.2) is 0 Å². The molecule has 0 spiro atoms. The highest BCUT2D eigenvalue weighted by Gasteiger charge is 2.23. The third kappa shape index (κ3) is 4.04. The molecule has 1 N–H and O–H groups in total. The number of amides is 1. The second kappa shape index (κ2) is 7.47. The number of anilines is 1. The number of benzene rings is 1. The molecule has 1 amide bonds. The van der Waals surface area contributed by atoms with E-state index >= 15 is 0 Å². The molecule has 0 saturated carbocycles. The van der Waals surface area contributed by atoms with Crippen LogP contribution in [0.5, 0.6) is 0 Å². The number of nitrogens with zero attached hydrogens (tertiary/aromatic N) is 3. The van der Waals surface area contributed by atoms with Gasteiger partial charge in [0.1, 0.15) is 12.1 Å². The van der Waals surface area contributed by atoms with Crippen LogP contribution in [0.2, 0.25) is 0 Å². The summed E-state index contributed by atoms with van der Waals surface area (Å²) in [4.78, 5) is 22.9. The fourth-order valence-corrected chi connectivity index (χ4v) is 3.45. The summed E-state index contributed by atoms with van der Waals surface area (Å²) in [7, 11) is 0. The van der Waals surface area contributed by atoms with Crippen molar-refractivity contribution in [3.8, 4) is 0 Å². The SMILES string of the molecule is CC(C)CC(=O)N1CCC(Nc2ncnc3ccc(Br)cc23)CC1. The largest absolute Gasteiger partial charge is 0.367 e. The molecule has 1 aliphatic rings. The Kier molecular flexibility index (Phi) is 5.33. The number of aromatic nitrogens is 2. The van der Waals surface area contributed by atoms with Crippen LogP contribution in [0.15, 0.2) is 29.0 Å². The van der Waals surface area contributed by atoms with Crippen LogP contribution < -0.4 is 5.32 Å². The lowest BCUT2D eigenvalue weighted by Crippen LogP contribution is -2.42. The van der Waals surface area contributed by atoms with E-state index in [-0.39, 0.29) is 5.91 Å². The lowest BCUT2D eigenvalue weighted by atomic mass is 10.0. The number of rotatable bonds is 4. The van der Waals surface area contributed by atoms with Gasteiger partial charge in [-0.05, 0) is 37.0 Å². The van der Waals surface area contributed by atoms with E-state index < -0.39 is 0 Å². The summed E-state index contributed by atoms with van der Waals surface area (Å²) in [5.41, 5.74) is 0.931. The van der Waals surface area contributed by atoms with Gasteiger partial charge in [0.2, 0.25) is 5.91 Å². The van der Waals surface area contributed by atoms with Gasteiger partial charge >= 0.3 is 0 Å². The second-order valence-corrected chi connectivity index (χ2v) is 7.70. The Balaban J connectivity index is 1.64. The maximum atomic E-state index is 12.2. The summed E-state index contributed by atoms with van der Waals surface area (Å²) in [5.74, 6) is 1.56. The summed E-state index contributed by atoms with van der Waals surface area (Å²) in [5, 5.41) is 4.56. The van der Waals surface area contributed by atoms with Gasteiger partial charge in [0.05, 0.1) is 5.52 Å². The molecule has 1 fully saturated rings. The van der Waals surface area contributed by atoms with Crippen molar-refractivity contribution in [1.82, 2.24) is 14.9 Å². The molecular formula is C18H23BrN4O. The van der Waals surface area contributed by atoms with E-state index in [2.05, 4.69) is 45.1 Å². The number of hydrogen-bond acceptors (Lipinski definition) is 4. The topological polar surface area (TPSA) is 58.1 Å². The Morgan fingerprint density at radius 3 is 2.79 bits per heavy atom. The van der Waals surface area contributed by atoms with Crippen LogP contribution in [0, 0.1) is 5.92 Å². The Bertz CT molecular complexity index is 726. The Morgan fingerprint density at radius 2 is 2.08 bits per heavy atom. The monoisotopic (exact) mass is 390 g/mol. The fourth-order valence-electron chi connectivity index (χ4n) is 3.09. The van der Waals surface area contributed by atoms with Crippen molar-refractivity contribution in [2.24, 2.45) is 5.92 Å². The number of hydrogen-bond donors (Lipinski definition) is 1. The van der Waals surface area contributed by atoms with Crippen molar-refractivity contribution in [3.63, 3.8) is 0 Å². The number of halogens is 1. The average molecular weight is 391 g/mol. The normalized spacial score (nSPS) is 15.9. The van der Waals surface area contributed by atoms with Crippen molar-refractivity contribution < 1.29 is 4.79 Å². The maximum Gasteiger partial charge on any atom is 0.222 e. The zero-order valence-electron chi connectivity index (χ0n) is 14.1. The Morgan fingerprint density at radius 1 is 1.33 bits per heavy atom. The van der Waals surface area contributed by atoms with E-state index in [0.29, 0.717) is 18.4 Å². The minimum atomic E-state index is 0.278. The minimum Gasteiger partial charge on any atom is -0.367 e. The number of piperidine rings is 1. The molecule has 0 atom stereocenters. The standard InChI is InChI=1S/C18H23BrN4O/c1-12(2)9-17(24)23-7-5-14(6-8-23)22-18-15-10-13(19)3-4-16(15)20-11-21-18/h3-4,10-12,14H,5-9H2,1-2H3,(H,20,21,22). The summed E-state index contributed by atoms with van der Waals surface area (Å²) >= 11 is 3.51. The molecule has 1 saturated heterocycles. The van der Waals surface area contributed by atoms with Gasteiger partial charge in [-0.2, -0.15) is 0 Å². The molecule has 1 aliphatic heterocycles. The molecule has 6 heteroatoms. The molecule has 0 unspecified atom stereocenters. The number of likely N-dealkylation sites (tertiary alicyclic amines) is 1. The fraction of sp³-hybridized carbons (Fsp3) is 0.500. The van der Waals surface area contributed by atoms with Gasteiger partial charge in [-0.25, -0.2) is 9.97 Å². The Hall–Kier alpha value is -1.69. The van der Waals surface area contributed by atoms with E-state index in [1.165, 1.54) is 0 Å². The van der Waals surface area contributed by atoms with Crippen LogP contribution >= 0.6 is 15.9 Å². The quantitative estimate of drug-likeness (QED) is 0.861. The number of carbonyl (C=O) groups excluding carboxylic acids is 1. The first-order chi connectivity index (χ1) is 11.5. The second-order valence-electron chi connectivity index (χ2n) is 6.78. The third-order valence-electron chi connectivity index (χ3n) is 4.37. The minimum absolute atomic E-state index is 0.278. The number of carbonyl (C=O) groups is 1. The van der Waals surface area contributed by atoms with Crippen LogP contribution in [-0.2, 0) is 4.79 Å². The first kappa shape index (κ1) is 17.1. The van der Waals surface area contributed by atoms with E-state index in [4.69, 9.17) is 0 Å². The van der Waals surface area contributed by atoms with Gasteiger partial charge in [0, 0.05) is 35.4 Å². The van der Waals surface area contributed by atoms with Crippen molar-refractivity contribution in [1.29, 1.82) is 0 Å². The highest BCUT2D eigenvalue weighted by Crippen LogP contribution is 2.25. The van der Waals surface area contributed by atoms with Crippen molar-refractivity contribution in [2.75, 3.05) is 18.4 Å². The smallest absolute Gasteiger partial charge is 0.222 e. The zero-order valence-corrected chi connectivity index (χ0v) is 15.7. The molecule has 0 radical (unpaired) electrons.